The monoisotopic (exact) mass is 451 g/mol. The minimum absolute atomic E-state index is 0.0306. The van der Waals surface area contributed by atoms with Gasteiger partial charge in [0, 0.05) is 55.9 Å². The fourth-order valence-corrected chi connectivity index (χ4v) is 5.52. The van der Waals surface area contributed by atoms with Gasteiger partial charge in [-0.3, -0.25) is 9.69 Å². The lowest BCUT2D eigenvalue weighted by Crippen LogP contribution is -2.48. The molecule has 5 nitrogen and oxygen atoms in total. The highest BCUT2D eigenvalue weighted by atomic mass is 19.1. The Kier molecular flexibility index (Phi) is 6.81. The third kappa shape index (κ3) is 5.32. The first-order valence-electron chi connectivity index (χ1n) is 12.4. The van der Waals surface area contributed by atoms with Crippen LogP contribution in [0.3, 0.4) is 0 Å². The quantitative estimate of drug-likeness (QED) is 0.674. The number of hydrogen-bond donors (Lipinski definition) is 0. The van der Waals surface area contributed by atoms with Crippen molar-refractivity contribution in [1.29, 1.82) is 0 Å². The number of fused-ring (bicyclic) bond motifs is 1. The molecule has 0 unspecified atom stereocenters. The summed E-state index contributed by atoms with van der Waals surface area (Å²) in [6.45, 7) is 6.13. The van der Waals surface area contributed by atoms with Crippen LogP contribution in [0.2, 0.25) is 0 Å². The summed E-state index contributed by atoms with van der Waals surface area (Å²) in [5.74, 6) is 1.21. The lowest BCUT2D eigenvalue weighted by atomic mass is 9.88. The third-order valence-electron chi connectivity index (χ3n) is 7.50. The van der Waals surface area contributed by atoms with Crippen LogP contribution in [-0.2, 0) is 0 Å². The Bertz CT molecular complexity index is 925. The summed E-state index contributed by atoms with van der Waals surface area (Å²) in [5.41, 5.74) is 1.70. The van der Waals surface area contributed by atoms with Gasteiger partial charge in [0.2, 0.25) is 0 Å². The number of piperidine rings is 2. The van der Waals surface area contributed by atoms with Crippen LogP contribution < -0.4 is 9.64 Å². The van der Waals surface area contributed by atoms with E-state index >= 15 is 0 Å². The van der Waals surface area contributed by atoms with E-state index in [1.807, 2.05) is 4.90 Å². The van der Waals surface area contributed by atoms with Gasteiger partial charge >= 0.3 is 0 Å². The molecule has 2 aromatic carbocycles. The molecule has 3 fully saturated rings. The largest absolute Gasteiger partial charge is 0.493 e. The SMILES string of the molecule is O=C(c1ccc(F)cc1)N1CCN(c2ccc(OC[C@H]3CC[C@@H]4CCCCN4C3)cc2)CC1. The van der Waals surface area contributed by atoms with Gasteiger partial charge in [-0.1, -0.05) is 6.42 Å². The van der Waals surface area contributed by atoms with Gasteiger partial charge < -0.3 is 14.5 Å². The standard InChI is InChI=1S/C27H34FN3O2/c28-23-7-5-22(6-8-23)27(32)30-17-15-29(16-18-30)25-10-12-26(13-11-25)33-20-21-4-9-24-3-1-2-14-31(24)19-21/h5-8,10-13,21,24H,1-4,9,14-20H2/t21-,24-/m0/s1. The van der Waals surface area contributed by atoms with Crippen LogP contribution in [0.15, 0.2) is 48.5 Å². The second kappa shape index (κ2) is 10.1. The second-order valence-corrected chi connectivity index (χ2v) is 9.68. The Morgan fingerprint density at radius 2 is 1.64 bits per heavy atom. The van der Waals surface area contributed by atoms with Gasteiger partial charge in [0.25, 0.3) is 5.91 Å². The van der Waals surface area contributed by atoms with Crippen LogP contribution in [0.1, 0.15) is 42.5 Å². The van der Waals surface area contributed by atoms with Crippen molar-refractivity contribution in [3.8, 4) is 5.75 Å². The molecule has 0 aromatic heterocycles. The van der Waals surface area contributed by atoms with E-state index in [0.29, 0.717) is 24.6 Å². The van der Waals surface area contributed by atoms with Crippen molar-refractivity contribution in [2.45, 2.75) is 38.1 Å². The molecule has 33 heavy (non-hydrogen) atoms. The van der Waals surface area contributed by atoms with Crippen molar-refractivity contribution in [1.82, 2.24) is 9.80 Å². The fourth-order valence-electron chi connectivity index (χ4n) is 5.52. The molecule has 1 amide bonds. The third-order valence-corrected chi connectivity index (χ3v) is 7.50. The fraction of sp³-hybridized carbons (Fsp3) is 0.519. The van der Waals surface area contributed by atoms with E-state index in [4.69, 9.17) is 4.74 Å². The normalized spacial score (nSPS) is 23.8. The summed E-state index contributed by atoms with van der Waals surface area (Å²) in [5, 5.41) is 0. The Morgan fingerprint density at radius 1 is 0.879 bits per heavy atom. The molecule has 176 valence electrons. The van der Waals surface area contributed by atoms with E-state index in [-0.39, 0.29) is 11.7 Å². The highest BCUT2D eigenvalue weighted by molar-refractivity contribution is 5.94. The maximum absolute atomic E-state index is 13.1. The van der Waals surface area contributed by atoms with E-state index in [9.17, 15) is 9.18 Å². The van der Waals surface area contributed by atoms with Crippen LogP contribution in [0.4, 0.5) is 10.1 Å². The van der Waals surface area contributed by atoms with Gasteiger partial charge in [0.1, 0.15) is 11.6 Å². The Hall–Kier alpha value is -2.60. The number of amides is 1. The molecule has 0 spiro atoms. The van der Waals surface area contributed by atoms with Crippen molar-refractivity contribution < 1.29 is 13.9 Å². The molecule has 0 aliphatic carbocycles. The molecule has 0 bridgehead atoms. The van der Waals surface area contributed by atoms with Gasteiger partial charge in [0.05, 0.1) is 6.61 Å². The highest BCUT2D eigenvalue weighted by Crippen LogP contribution is 2.29. The van der Waals surface area contributed by atoms with Gasteiger partial charge in [-0.25, -0.2) is 4.39 Å². The maximum Gasteiger partial charge on any atom is 0.253 e. The molecule has 3 heterocycles. The van der Waals surface area contributed by atoms with E-state index in [1.54, 1.807) is 12.1 Å². The van der Waals surface area contributed by atoms with Gasteiger partial charge in [-0.15, -0.1) is 0 Å². The number of carbonyl (C=O) groups excluding carboxylic acids is 1. The molecule has 0 saturated carbocycles. The number of halogens is 1. The summed E-state index contributed by atoms with van der Waals surface area (Å²) < 4.78 is 19.3. The molecule has 3 aliphatic rings. The van der Waals surface area contributed by atoms with Crippen molar-refractivity contribution in [2.24, 2.45) is 5.92 Å². The molecule has 3 saturated heterocycles. The molecule has 5 rings (SSSR count). The lowest BCUT2D eigenvalue weighted by molar-refractivity contribution is 0.0565. The predicted octanol–water partition coefficient (Wildman–Crippen LogP) is 4.43. The minimum Gasteiger partial charge on any atom is -0.493 e. The topological polar surface area (TPSA) is 36.0 Å². The first kappa shape index (κ1) is 22.2. The molecular formula is C27H34FN3O2. The Morgan fingerprint density at radius 3 is 2.39 bits per heavy atom. The number of benzene rings is 2. The average Bonchev–Trinajstić information content (AvgIpc) is 2.88. The zero-order chi connectivity index (χ0) is 22.6. The maximum atomic E-state index is 13.1. The van der Waals surface area contributed by atoms with Crippen molar-refractivity contribution >= 4 is 11.6 Å². The number of piperazine rings is 1. The van der Waals surface area contributed by atoms with Crippen molar-refractivity contribution in [3.05, 3.63) is 59.9 Å². The number of anilines is 1. The van der Waals surface area contributed by atoms with Crippen LogP contribution in [0.25, 0.3) is 0 Å². The van der Waals surface area contributed by atoms with Crippen molar-refractivity contribution in [2.75, 3.05) is 50.8 Å². The molecule has 0 radical (unpaired) electrons. The Balaban J connectivity index is 1.09. The number of nitrogens with zero attached hydrogens (tertiary/aromatic N) is 3. The van der Waals surface area contributed by atoms with E-state index in [0.717, 1.165) is 37.2 Å². The zero-order valence-corrected chi connectivity index (χ0v) is 19.3. The number of rotatable bonds is 5. The summed E-state index contributed by atoms with van der Waals surface area (Å²) in [7, 11) is 0. The smallest absolute Gasteiger partial charge is 0.253 e. The number of carbonyl (C=O) groups is 1. The van der Waals surface area contributed by atoms with Gasteiger partial charge in [0.15, 0.2) is 0 Å². The highest BCUT2D eigenvalue weighted by Gasteiger charge is 2.30. The number of hydrogen-bond acceptors (Lipinski definition) is 4. The summed E-state index contributed by atoms with van der Waals surface area (Å²) >= 11 is 0. The van der Waals surface area contributed by atoms with Gasteiger partial charge in [-0.05, 0) is 80.8 Å². The van der Waals surface area contributed by atoms with E-state index in [2.05, 4.69) is 34.1 Å². The van der Waals surface area contributed by atoms with Crippen LogP contribution in [0.5, 0.6) is 5.75 Å². The Labute approximate surface area is 196 Å². The predicted molar refractivity (Wildman–Crippen MR) is 128 cm³/mol. The number of ether oxygens (including phenoxy) is 1. The van der Waals surface area contributed by atoms with Crippen molar-refractivity contribution in [3.63, 3.8) is 0 Å². The average molecular weight is 452 g/mol. The first-order chi connectivity index (χ1) is 16.2. The molecule has 3 aliphatic heterocycles. The summed E-state index contributed by atoms with van der Waals surface area (Å²) in [6, 6.07) is 15.0. The zero-order valence-electron chi connectivity index (χ0n) is 19.3. The minimum atomic E-state index is -0.321. The van der Waals surface area contributed by atoms with Gasteiger partial charge in [-0.2, -0.15) is 0 Å². The van der Waals surface area contributed by atoms with Crippen LogP contribution >= 0.6 is 0 Å². The molecule has 2 atom stereocenters. The summed E-state index contributed by atoms with van der Waals surface area (Å²) in [4.78, 5) is 19.5. The molecule has 0 N–H and O–H groups in total. The van der Waals surface area contributed by atoms with E-state index < -0.39 is 0 Å². The van der Waals surface area contributed by atoms with E-state index in [1.165, 1.54) is 57.3 Å². The van der Waals surface area contributed by atoms with Crippen LogP contribution in [0, 0.1) is 11.7 Å². The molecule has 2 aromatic rings. The first-order valence-corrected chi connectivity index (χ1v) is 12.4. The molecule has 6 heteroatoms. The van der Waals surface area contributed by atoms with Crippen LogP contribution in [-0.4, -0.2) is 67.6 Å². The summed E-state index contributed by atoms with van der Waals surface area (Å²) in [6.07, 6.45) is 6.72. The second-order valence-electron chi connectivity index (χ2n) is 9.68. The molecular weight excluding hydrogens is 417 g/mol. The lowest BCUT2D eigenvalue weighted by Gasteiger charge is -2.42.